The van der Waals surface area contributed by atoms with Gasteiger partial charge in [0.15, 0.2) is 8.32 Å². The third-order valence-electron chi connectivity index (χ3n) is 3.45. The van der Waals surface area contributed by atoms with Gasteiger partial charge in [0.2, 0.25) is 0 Å². The van der Waals surface area contributed by atoms with Crippen molar-refractivity contribution in [3.8, 4) is 0 Å². The summed E-state index contributed by atoms with van der Waals surface area (Å²) < 4.78 is 8.32. The smallest absolute Gasteiger partial charge is 0.192 e. The summed E-state index contributed by atoms with van der Waals surface area (Å²) in [5.74, 6) is 0.538. The van der Waals surface area contributed by atoms with E-state index in [0.717, 1.165) is 6.61 Å². The normalized spacial score (nSPS) is 16.7. The quantitative estimate of drug-likeness (QED) is 0.518. The topological polar surface area (TPSA) is 9.23 Å². The van der Waals surface area contributed by atoms with Gasteiger partial charge in [0, 0.05) is 6.61 Å². The first-order chi connectivity index (χ1) is 6.62. The molecular weight excluding hydrogens is 315 g/mol. The average Bonchev–Trinajstić information content (AvgIpc) is 2.11. The van der Waals surface area contributed by atoms with E-state index < -0.39 is 8.32 Å². The second-order valence-corrected chi connectivity index (χ2v) is 11.3. The Morgan fingerprint density at radius 3 is 2.20 bits per heavy atom. The summed E-state index contributed by atoms with van der Waals surface area (Å²) in [7, 11) is -1.56. The van der Waals surface area contributed by atoms with Crippen LogP contribution >= 0.6 is 22.6 Å². The Morgan fingerprint density at radius 1 is 1.40 bits per heavy atom. The van der Waals surface area contributed by atoms with Gasteiger partial charge in [-0.3, -0.25) is 0 Å². The van der Waals surface area contributed by atoms with E-state index in [-0.39, 0.29) is 0 Å². The Balaban J connectivity index is 4.28. The van der Waals surface area contributed by atoms with Crippen molar-refractivity contribution in [3.05, 3.63) is 9.66 Å². The van der Waals surface area contributed by atoms with Gasteiger partial charge in [0.05, 0.1) is 0 Å². The summed E-state index contributed by atoms with van der Waals surface area (Å²) in [5, 5.41) is 0.314. The van der Waals surface area contributed by atoms with E-state index >= 15 is 0 Å². The lowest BCUT2D eigenvalue weighted by molar-refractivity contribution is 0.254. The highest BCUT2D eigenvalue weighted by Gasteiger charge is 2.37. The van der Waals surface area contributed by atoms with Gasteiger partial charge in [0.1, 0.15) is 0 Å². The van der Waals surface area contributed by atoms with Crippen molar-refractivity contribution in [1.82, 2.24) is 0 Å². The van der Waals surface area contributed by atoms with Crippen LogP contribution in [0.5, 0.6) is 0 Å². The van der Waals surface area contributed by atoms with Crippen LogP contribution in [0, 0.1) is 5.92 Å². The highest BCUT2D eigenvalue weighted by Crippen LogP contribution is 2.37. The Morgan fingerprint density at radius 2 is 1.87 bits per heavy atom. The second-order valence-electron chi connectivity index (χ2n) is 5.83. The molecule has 1 atom stereocenters. The van der Waals surface area contributed by atoms with Crippen molar-refractivity contribution in [2.75, 3.05) is 6.61 Å². The van der Waals surface area contributed by atoms with Crippen LogP contribution in [0.1, 0.15) is 34.6 Å². The van der Waals surface area contributed by atoms with Gasteiger partial charge < -0.3 is 4.43 Å². The van der Waals surface area contributed by atoms with Crippen molar-refractivity contribution < 1.29 is 4.43 Å². The molecule has 0 saturated carbocycles. The molecule has 0 bridgehead atoms. The summed E-state index contributed by atoms with van der Waals surface area (Å²) in [5.41, 5.74) is 1.41. The molecule has 0 radical (unpaired) electrons. The van der Waals surface area contributed by atoms with E-state index in [1.165, 1.54) is 5.57 Å². The molecule has 0 rings (SSSR count). The third kappa shape index (κ3) is 5.00. The lowest BCUT2D eigenvalue weighted by Crippen LogP contribution is -2.41. The number of hydrogen-bond donors (Lipinski definition) is 0. The minimum Gasteiger partial charge on any atom is -0.416 e. The molecule has 0 unspecified atom stereocenters. The predicted octanol–water partition coefficient (Wildman–Crippen LogP) is 4.98. The fourth-order valence-corrected chi connectivity index (χ4v) is 2.50. The van der Waals surface area contributed by atoms with E-state index in [2.05, 4.69) is 74.4 Å². The molecule has 90 valence electrons. The minimum atomic E-state index is -1.56. The maximum atomic E-state index is 6.17. The molecule has 0 aliphatic rings. The molecule has 0 saturated heterocycles. The molecule has 0 spiro atoms. The molecular formula is C12H25IOSi. The fourth-order valence-electron chi connectivity index (χ4n) is 0.789. The van der Waals surface area contributed by atoms with Gasteiger partial charge in [-0.15, -0.1) is 0 Å². The molecule has 0 heterocycles. The van der Waals surface area contributed by atoms with Crippen molar-refractivity contribution in [1.29, 1.82) is 0 Å². The summed E-state index contributed by atoms with van der Waals surface area (Å²) in [6, 6.07) is 0. The number of rotatable bonds is 4. The fraction of sp³-hybridized carbons (Fsp3) is 0.833. The van der Waals surface area contributed by atoms with Crippen LogP contribution in [0.2, 0.25) is 18.1 Å². The first-order valence-electron chi connectivity index (χ1n) is 5.52. The van der Waals surface area contributed by atoms with Crippen LogP contribution < -0.4 is 0 Å². The molecule has 0 aromatic heterocycles. The first kappa shape index (κ1) is 15.6. The van der Waals surface area contributed by atoms with Gasteiger partial charge in [-0.05, 0) is 35.1 Å². The molecule has 0 aliphatic carbocycles. The van der Waals surface area contributed by atoms with Gasteiger partial charge in [-0.2, -0.15) is 0 Å². The zero-order valence-corrected chi connectivity index (χ0v) is 14.3. The third-order valence-corrected chi connectivity index (χ3v) is 8.93. The van der Waals surface area contributed by atoms with E-state index in [1.54, 1.807) is 0 Å². The Kier molecular flexibility index (Phi) is 6.07. The summed E-state index contributed by atoms with van der Waals surface area (Å²) in [4.78, 5) is 0. The van der Waals surface area contributed by atoms with Crippen molar-refractivity contribution in [3.63, 3.8) is 0 Å². The van der Waals surface area contributed by atoms with Crippen molar-refractivity contribution in [2.45, 2.75) is 52.8 Å². The molecule has 0 fully saturated rings. The molecule has 0 aliphatic heterocycles. The number of hydrogen-bond acceptors (Lipinski definition) is 1. The number of halogens is 1. The molecule has 0 N–H and O–H groups in total. The Labute approximate surface area is 110 Å². The summed E-state index contributed by atoms with van der Waals surface area (Å²) in [6.07, 6.45) is 0. The van der Waals surface area contributed by atoms with E-state index in [1.807, 2.05) is 0 Å². The monoisotopic (exact) mass is 340 g/mol. The van der Waals surface area contributed by atoms with Gasteiger partial charge in [0.25, 0.3) is 0 Å². The van der Waals surface area contributed by atoms with Crippen LogP contribution in [-0.2, 0) is 4.43 Å². The van der Waals surface area contributed by atoms with E-state index in [4.69, 9.17) is 4.43 Å². The highest BCUT2D eigenvalue weighted by atomic mass is 127. The summed E-state index contributed by atoms with van der Waals surface area (Å²) in [6.45, 7) is 16.7. The van der Waals surface area contributed by atoms with E-state index in [0.29, 0.717) is 11.0 Å². The lowest BCUT2D eigenvalue weighted by Gasteiger charge is -2.37. The van der Waals surface area contributed by atoms with Gasteiger partial charge in [-0.25, -0.2) is 0 Å². The first-order valence-corrected chi connectivity index (χ1v) is 9.68. The molecule has 0 aromatic carbocycles. The van der Waals surface area contributed by atoms with Crippen LogP contribution in [-0.4, -0.2) is 14.9 Å². The van der Waals surface area contributed by atoms with Crippen molar-refractivity contribution in [2.24, 2.45) is 5.92 Å². The van der Waals surface area contributed by atoms with Crippen LogP contribution in [0.15, 0.2) is 9.66 Å². The summed E-state index contributed by atoms with van der Waals surface area (Å²) >= 11 is 2.30. The predicted molar refractivity (Wildman–Crippen MR) is 80.1 cm³/mol. The maximum Gasteiger partial charge on any atom is 0.192 e. The molecule has 15 heavy (non-hydrogen) atoms. The lowest BCUT2D eigenvalue weighted by atomic mass is 10.1. The van der Waals surface area contributed by atoms with Gasteiger partial charge >= 0.3 is 0 Å². The van der Waals surface area contributed by atoms with Crippen LogP contribution in [0.4, 0.5) is 0 Å². The van der Waals surface area contributed by atoms with Gasteiger partial charge in [-0.1, -0.05) is 55.9 Å². The zero-order valence-electron chi connectivity index (χ0n) is 11.1. The molecule has 3 heteroatoms. The zero-order chi connectivity index (χ0) is 12.3. The highest BCUT2D eigenvalue weighted by molar-refractivity contribution is 14.1. The largest absolute Gasteiger partial charge is 0.416 e. The SMILES string of the molecule is C/C(=C\I)[C@H](C)CO[Si](C)(C)C(C)(C)C. The molecule has 0 amide bonds. The Hall–Kier alpha value is 0.647. The van der Waals surface area contributed by atoms with E-state index in [9.17, 15) is 0 Å². The minimum absolute atomic E-state index is 0.314. The maximum absolute atomic E-state index is 6.17. The molecule has 1 nitrogen and oxygen atoms in total. The Bertz CT molecular complexity index is 228. The second kappa shape index (κ2) is 5.82. The molecule has 0 aromatic rings. The van der Waals surface area contributed by atoms with Crippen LogP contribution in [0.25, 0.3) is 0 Å². The average molecular weight is 340 g/mol. The van der Waals surface area contributed by atoms with Crippen LogP contribution in [0.3, 0.4) is 0 Å². The van der Waals surface area contributed by atoms with Crippen molar-refractivity contribution >= 4 is 30.9 Å². The standard InChI is InChI=1S/C12H25IOSi/c1-10(8-13)11(2)9-14-15(6,7)12(3,4)5/h8,11H,9H2,1-7H3/b10-8+/t11-/m1/s1.